The molecule has 1 atom stereocenters. The van der Waals surface area contributed by atoms with Crippen molar-refractivity contribution >= 4 is 59.5 Å². The van der Waals surface area contributed by atoms with Crippen molar-refractivity contribution in [3.8, 4) is 0 Å². The van der Waals surface area contributed by atoms with Crippen LogP contribution in [0.4, 0.5) is 0 Å². The van der Waals surface area contributed by atoms with Gasteiger partial charge in [0.05, 0.1) is 12.1 Å². The minimum absolute atomic E-state index is 0.0538. The van der Waals surface area contributed by atoms with Gasteiger partial charge >= 0.3 is 5.97 Å². The highest BCUT2D eigenvalue weighted by Gasteiger charge is 2.22. The standard InChI is InChI=1S/C10H10Br2ClNO4S/c1-18-10(15)7(12)5-14-19(16,17)9-3-2-6(11)4-8(9)13/h2-4,7,14H,5H2,1H3. The van der Waals surface area contributed by atoms with E-state index in [0.29, 0.717) is 4.47 Å². The van der Waals surface area contributed by atoms with Gasteiger partial charge in [-0.25, -0.2) is 13.1 Å². The number of alkyl halides is 1. The van der Waals surface area contributed by atoms with Crippen LogP contribution in [0, 0.1) is 0 Å². The second-order valence-corrected chi connectivity index (χ2v) is 7.58. The largest absolute Gasteiger partial charge is 0.468 e. The molecule has 5 nitrogen and oxygen atoms in total. The van der Waals surface area contributed by atoms with Gasteiger partial charge in [-0.1, -0.05) is 43.5 Å². The summed E-state index contributed by atoms with van der Waals surface area (Å²) in [6, 6.07) is 4.41. The summed E-state index contributed by atoms with van der Waals surface area (Å²) in [7, 11) is -2.57. The summed E-state index contributed by atoms with van der Waals surface area (Å²) in [6.45, 7) is -0.138. The molecule has 106 valence electrons. The van der Waals surface area contributed by atoms with Gasteiger partial charge in [-0.3, -0.25) is 4.79 Å². The first-order valence-electron chi connectivity index (χ1n) is 4.94. The molecule has 0 radical (unpaired) electrons. The Bertz CT molecular complexity index is 579. The summed E-state index contributed by atoms with van der Waals surface area (Å²) < 4.78 is 31.4. The molecule has 0 bridgehead atoms. The number of carbonyl (C=O) groups excluding carboxylic acids is 1. The Morgan fingerprint density at radius 1 is 1.53 bits per heavy atom. The molecule has 0 aliphatic carbocycles. The fourth-order valence-corrected chi connectivity index (χ4v) is 3.81. The predicted octanol–water partition coefficient (Wildman–Crippen LogP) is 2.32. The van der Waals surface area contributed by atoms with Crippen LogP contribution >= 0.6 is 43.5 Å². The van der Waals surface area contributed by atoms with E-state index in [2.05, 4.69) is 41.3 Å². The van der Waals surface area contributed by atoms with Crippen molar-refractivity contribution in [2.45, 2.75) is 9.72 Å². The topological polar surface area (TPSA) is 72.5 Å². The van der Waals surface area contributed by atoms with Crippen molar-refractivity contribution in [2.75, 3.05) is 13.7 Å². The molecular formula is C10H10Br2ClNO4S. The van der Waals surface area contributed by atoms with Gasteiger partial charge in [0.15, 0.2) is 0 Å². The third-order valence-electron chi connectivity index (χ3n) is 2.09. The number of rotatable bonds is 5. The van der Waals surface area contributed by atoms with E-state index in [1.54, 1.807) is 6.07 Å². The molecule has 0 heterocycles. The fourth-order valence-electron chi connectivity index (χ4n) is 1.16. The number of carbonyl (C=O) groups is 1. The van der Waals surface area contributed by atoms with Crippen LogP contribution in [0.15, 0.2) is 27.6 Å². The molecule has 1 aromatic rings. The molecule has 0 amide bonds. The zero-order valence-electron chi connectivity index (χ0n) is 9.69. The number of halogens is 3. The van der Waals surface area contributed by atoms with Crippen molar-refractivity contribution in [2.24, 2.45) is 0 Å². The van der Waals surface area contributed by atoms with E-state index in [-0.39, 0.29) is 16.5 Å². The third-order valence-corrected chi connectivity index (χ3v) is 5.19. The van der Waals surface area contributed by atoms with Crippen LogP contribution < -0.4 is 4.72 Å². The molecule has 1 rings (SSSR count). The summed E-state index contributed by atoms with van der Waals surface area (Å²) in [5, 5.41) is 0.0889. The molecule has 0 spiro atoms. The second kappa shape index (κ2) is 7.03. The van der Waals surface area contributed by atoms with Gasteiger partial charge in [0, 0.05) is 11.0 Å². The summed E-state index contributed by atoms with van der Waals surface area (Å²) in [5.41, 5.74) is 0. The molecule has 0 aliphatic rings. The van der Waals surface area contributed by atoms with Crippen LogP contribution in [-0.2, 0) is 19.6 Å². The number of sulfonamides is 1. The molecule has 1 N–H and O–H groups in total. The Balaban J connectivity index is 2.85. The Morgan fingerprint density at radius 2 is 2.16 bits per heavy atom. The fraction of sp³-hybridized carbons (Fsp3) is 0.300. The van der Waals surface area contributed by atoms with E-state index < -0.39 is 20.8 Å². The lowest BCUT2D eigenvalue weighted by Crippen LogP contribution is -2.34. The molecular weight excluding hydrogens is 425 g/mol. The first-order chi connectivity index (χ1) is 8.77. The lowest BCUT2D eigenvalue weighted by Gasteiger charge is -2.11. The highest BCUT2D eigenvalue weighted by molar-refractivity contribution is 9.10. The summed E-state index contributed by atoms with van der Waals surface area (Å²) >= 11 is 12.1. The van der Waals surface area contributed by atoms with Crippen molar-refractivity contribution in [3.05, 3.63) is 27.7 Å². The van der Waals surface area contributed by atoms with Crippen LogP contribution in [0.25, 0.3) is 0 Å². The average molecular weight is 436 g/mol. The normalized spacial score (nSPS) is 13.1. The summed E-state index contributed by atoms with van der Waals surface area (Å²) in [6.07, 6.45) is 0. The molecule has 1 aromatic carbocycles. The first kappa shape index (κ1) is 16.9. The number of methoxy groups -OCH3 is 1. The Labute approximate surface area is 133 Å². The van der Waals surface area contributed by atoms with Gasteiger partial charge in [-0.2, -0.15) is 0 Å². The zero-order valence-corrected chi connectivity index (χ0v) is 14.4. The van der Waals surface area contributed by atoms with Gasteiger partial charge in [-0.15, -0.1) is 0 Å². The maximum absolute atomic E-state index is 12.0. The monoisotopic (exact) mass is 433 g/mol. The molecule has 9 heteroatoms. The lowest BCUT2D eigenvalue weighted by atomic mass is 10.4. The Morgan fingerprint density at radius 3 is 2.68 bits per heavy atom. The lowest BCUT2D eigenvalue weighted by molar-refractivity contribution is -0.139. The van der Waals surface area contributed by atoms with Gasteiger partial charge in [-0.05, 0) is 18.2 Å². The van der Waals surface area contributed by atoms with Gasteiger partial charge in [0.25, 0.3) is 0 Å². The van der Waals surface area contributed by atoms with Crippen LogP contribution in [0.1, 0.15) is 0 Å². The van der Waals surface area contributed by atoms with E-state index in [9.17, 15) is 13.2 Å². The van der Waals surface area contributed by atoms with E-state index in [1.165, 1.54) is 19.2 Å². The summed E-state index contributed by atoms with van der Waals surface area (Å²) in [5.74, 6) is -0.565. The van der Waals surface area contributed by atoms with E-state index >= 15 is 0 Å². The number of hydrogen-bond acceptors (Lipinski definition) is 4. The van der Waals surface area contributed by atoms with E-state index in [1.807, 2.05) is 0 Å². The molecule has 0 saturated heterocycles. The Kier molecular flexibility index (Phi) is 6.25. The van der Waals surface area contributed by atoms with Crippen LogP contribution in [-0.4, -0.2) is 32.9 Å². The zero-order chi connectivity index (χ0) is 14.6. The molecule has 1 unspecified atom stereocenters. The van der Waals surface area contributed by atoms with Crippen molar-refractivity contribution < 1.29 is 17.9 Å². The molecule has 0 fully saturated rings. The first-order valence-corrected chi connectivity index (χ1v) is 8.51. The molecule has 0 aliphatic heterocycles. The molecule has 19 heavy (non-hydrogen) atoms. The summed E-state index contributed by atoms with van der Waals surface area (Å²) in [4.78, 5) is 10.3. The van der Waals surface area contributed by atoms with Gasteiger partial charge in [0.1, 0.15) is 9.72 Å². The highest BCUT2D eigenvalue weighted by atomic mass is 79.9. The number of ether oxygens (including phenoxy) is 1. The van der Waals surface area contributed by atoms with E-state index in [0.717, 1.165) is 0 Å². The van der Waals surface area contributed by atoms with Gasteiger partial charge in [0.2, 0.25) is 10.0 Å². The van der Waals surface area contributed by atoms with Crippen LogP contribution in [0.5, 0.6) is 0 Å². The van der Waals surface area contributed by atoms with Crippen LogP contribution in [0.2, 0.25) is 5.02 Å². The number of benzene rings is 1. The highest BCUT2D eigenvalue weighted by Crippen LogP contribution is 2.25. The maximum Gasteiger partial charge on any atom is 0.320 e. The molecule has 0 aromatic heterocycles. The van der Waals surface area contributed by atoms with Crippen LogP contribution in [0.3, 0.4) is 0 Å². The quantitative estimate of drug-likeness (QED) is 0.569. The average Bonchev–Trinajstić information content (AvgIpc) is 2.34. The number of nitrogens with one attached hydrogen (secondary N) is 1. The minimum atomic E-state index is -3.79. The number of hydrogen-bond donors (Lipinski definition) is 1. The second-order valence-electron chi connectivity index (χ2n) is 3.42. The van der Waals surface area contributed by atoms with Crippen molar-refractivity contribution in [1.82, 2.24) is 4.72 Å². The number of esters is 1. The van der Waals surface area contributed by atoms with Crippen molar-refractivity contribution in [1.29, 1.82) is 0 Å². The third kappa shape index (κ3) is 4.71. The maximum atomic E-state index is 12.0. The molecule has 0 saturated carbocycles. The van der Waals surface area contributed by atoms with E-state index in [4.69, 9.17) is 11.6 Å². The Hall–Kier alpha value is -0.150. The van der Waals surface area contributed by atoms with Gasteiger partial charge < -0.3 is 4.74 Å². The SMILES string of the molecule is COC(=O)C(Br)CNS(=O)(=O)c1ccc(Br)cc1Cl. The smallest absolute Gasteiger partial charge is 0.320 e. The predicted molar refractivity (Wildman–Crippen MR) is 79.1 cm³/mol. The van der Waals surface area contributed by atoms with Crippen molar-refractivity contribution in [3.63, 3.8) is 0 Å². The minimum Gasteiger partial charge on any atom is -0.468 e.